The van der Waals surface area contributed by atoms with Gasteiger partial charge in [-0.1, -0.05) is 6.07 Å². The number of anilines is 1. The minimum Gasteiger partial charge on any atom is -0.342 e. The van der Waals surface area contributed by atoms with Crippen molar-refractivity contribution in [2.75, 3.05) is 31.5 Å². The molecule has 2 amide bonds. The number of nitriles is 1. The quantitative estimate of drug-likeness (QED) is 0.899. The molecule has 2 fully saturated rings. The lowest BCUT2D eigenvalue weighted by Gasteiger charge is -2.36. The van der Waals surface area contributed by atoms with Crippen LogP contribution in [0.4, 0.5) is 5.69 Å². The van der Waals surface area contributed by atoms with E-state index in [0.29, 0.717) is 17.2 Å². The molecule has 0 saturated carbocycles. The first-order valence-electron chi connectivity index (χ1n) is 9.42. The van der Waals surface area contributed by atoms with Gasteiger partial charge >= 0.3 is 0 Å². The van der Waals surface area contributed by atoms with Crippen LogP contribution in [0, 0.1) is 17.2 Å². The molecule has 2 aliphatic heterocycles. The first-order chi connectivity index (χ1) is 12.6. The van der Waals surface area contributed by atoms with Crippen LogP contribution in [-0.4, -0.2) is 53.8 Å². The molecule has 2 saturated heterocycles. The maximum Gasteiger partial charge on any atom is 0.241 e. The van der Waals surface area contributed by atoms with Crippen molar-refractivity contribution in [1.82, 2.24) is 9.80 Å². The fraction of sp³-hybridized carbons (Fsp3) is 0.550. The van der Waals surface area contributed by atoms with E-state index in [0.717, 1.165) is 51.9 Å². The molecule has 1 N–H and O–H groups in total. The van der Waals surface area contributed by atoms with Crippen molar-refractivity contribution in [3.63, 3.8) is 0 Å². The van der Waals surface area contributed by atoms with E-state index in [1.807, 2.05) is 11.8 Å². The molecule has 26 heavy (non-hydrogen) atoms. The smallest absolute Gasteiger partial charge is 0.241 e. The molecular weight excluding hydrogens is 328 g/mol. The Morgan fingerprint density at radius 1 is 1.19 bits per heavy atom. The molecule has 2 heterocycles. The van der Waals surface area contributed by atoms with Crippen LogP contribution in [0.2, 0.25) is 0 Å². The molecule has 0 bridgehead atoms. The van der Waals surface area contributed by atoms with E-state index in [4.69, 9.17) is 5.26 Å². The number of piperidine rings is 1. The highest BCUT2D eigenvalue weighted by atomic mass is 16.2. The summed E-state index contributed by atoms with van der Waals surface area (Å²) < 4.78 is 0. The van der Waals surface area contributed by atoms with Crippen molar-refractivity contribution >= 4 is 17.5 Å². The summed E-state index contributed by atoms with van der Waals surface area (Å²) in [6.07, 6.45) is 3.87. The second-order valence-electron chi connectivity index (χ2n) is 7.20. The zero-order chi connectivity index (χ0) is 18.5. The van der Waals surface area contributed by atoms with Crippen molar-refractivity contribution in [3.05, 3.63) is 29.8 Å². The largest absolute Gasteiger partial charge is 0.342 e. The summed E-state index contributed by atoms with van der Waals surface area (Å²) in [5, 5.41) is 11.8. The van der Waals surface area contributed by atoms with Crippen molar-refractivity contribution in [3.8, 4) is 6.07 Å². The van der Waals surface area contributed by atoms with E-state index in [-0.39, 0.29) is 17.9 Å². The second-order valence-corrected chi connectivity index (χ2v) is 7.20. The van der Waals surface area contributed by atoms with Gasteiger partial charge in [0.1, 0.15) is 0 Å². The van der Waals surface area contributed by atoms with E-state index in [1.165, 1.54) is 0 Å². The molecule has 1 aromatic rings. The second kappa shape index (κ2) is 8.33. The summed E-state index contributed by atoms with van der Waals surface area (Å²) in [5.74, 6) is 0.323. The lowest BCUT2D eigenvalue weighted by molar-refractivity contribution is -0.136. The molecule has 0 aromatic heterocycles. The van der Waals surface area contributed by atoms with Crippen molar-refractivity contribution in [1.29, 1.82) is 5.26 Å². The van der Waals surface area contributed by atoms with Crippen LogP contribution in [0.25, 0.3) is 0 Å². The van der Waals surface area contributed by atoms with Crippen LogP contribution in [0.5, 0.6) is 0 Å². The molecule has 0 spiro atoms. The van der Waals surface area contributed by atoms with Gasteiger partial charge in [0.05, 0.1) is 17.7 Å². The first kappa shape index (κ1) is 18.4. The maximum atomic E-state index is 12.5. The van der Waals surface area contributed by atoms with Crippen LogP contribution < -0.4 is 5.32 Å². The van der Waals surface area contributed by atoms with Gasteiger partial charge in [-0.05, 0) is 63.9 Å². The number of likely N-dealkylation sites (tertiary alicyclic amines) is 2. The van der Waals surface area contributed by atoms with Crippen LogP contribution in [-0.2, 0) is 9.59 Å². The Hall–Kier alpha value is -2.39. The molecule has 2 aliphatic rings. The van der Waals surface area contributed by atoms with Crippen molar-refractivity contribution in [2.45, 2.75) is 38.6 Å². The van der Waals surface area contributed by atoms with Crippen LogP contribution in [0.3, 0.4) is 0 Å². The van der Waals surface area contributed by atoms with Gasteiger partial charge in [-0.25, -0.2) is 0 Å². The molecule has 3 rings (SSSR count). The molecule has 0 aliphatic carbocycles. The van der Waals surface area contributed by atoms with E-state index in [1.54, 1.807) is 24.3 Å². The van der Waals surface area contributed by atoms with Crippen LogP contribution in [0.15, 0.2) is 24.3 Å². The lowest BCUT2D eigenvalue weighted by Crippen LogP contribution is -2.48. The topological polar surface area (TPSA) is 76.4 Å². The van der Waals surface area contributed by atoms with Crippen molar-refractivity contribution < 1.29 is 9.59 Å². The standard InChI is InChI=1S/C20H26N4O2/c1-15(19(25)22-18-6-4-5-16(13-18)14-21)23-11-7-17(8-12-23)20(26)24-9-2-3-10-24/h4-6,13,15,17H,2-3,7-12H2,1H3,(H,22,25)/t15-/m1/s1. The molecular formula is C20H26N4O2. The van der Waals surface area contributed by atoms with Gasteiger partial charge in [-0.3, -0.25) is 14.5 Å². The zero-order valence-corrected chi connectivity index (χ0v) is 15.3. The predicted octanol–water partition coefficient (Wildman–Crippen LogP) is 2.22. The highest BCUT2D eigenvalue weighted by Crippen LogP contribution is 2.23. The summed E-state index contributed by atoms with van der Waals surface area (Å²) in [5.41, 5.74) is 1.16. The van der Waals surface area contributed by atoms with Gasteiger partial charge in [0.2, 0.25) is 11.8 Å². The minimum absolute atomic E-state index is 0.0793. The Balaban J connectivity index is 1.51. The highest BCUT2D eigenvalue weighted by Gasteiger charge is 2.32. The number of carbonyl (C=O) groups is 2. The molecule has 138 valence electrons. The normalized spacial score (nSPS) is 19.8. The number of amides is 2. The van der Waals surface area contributed by atoms with E-state index >= 15 is 0 Å². The summed E-state index contributed by atoms with van der Waals surface area (Å²) >= 11 is 0. The zero-order valence-electron chi connectivity index (χ0n) is 15.3. The monoisotopic (exact) mass is 354 g/mol. The van der Waals surface area contributed by atoms with Gasteiger partial charge in [0, 0.05) is 24.7 Å². The van der Waals surface area contributed by atoms with E-state index in [2.05, 4.69) is 16.3 Å². The number of rotatable bonds is 4. The number of hydrogen-bond donors (Lipinski definition) is 1. The Bertz CT molecular complexity index is 698. The summed E-state index contributed by atoms with van der Waals surface area (Å²) in [6, 6.07) is 8.74. The molecule has 6 nitrogen and oxygen atoms in total. The van der Waals surface area contributed by atoms with E-state index in [9.17, 15) is 9.59 Å². The first-order valence-corrected chi connectivity index (χ1v) is 9.42. The predicted molar refractivity (Wildman–Crippen MR) is 99.4 cm³/mol. The number of nitrogens with one attached hydrogen (secondary N) is 1. The third-order valence-electron chi connectivity index (χ3n) is 5.48. The van der Waals surface area contributed by atoms with Gasteiger partial charge in [-0.2, -0.15) is 5.26 Å². The Morgan fingerprint density at radius 2 is 1.88 bits per heavy atom. The fourth-order valence-corrected chi connectivity index (χ4v) is 3.81. The average molecular weight is 354 g/mol. The van der Waals surface area contributed by atoms with Gasteiger partial charge in [-0.15, -0.1) is 0 Å². The molecule has 0 unspecified atom stereocenters. The molecule has 1 atom stereocenters. The highest BCUT2D eigenvalue weighted by molar-refractivity contribution is 5.94. The number of benzene rings is 1. The Kier molecular flexibility index (Phi) is 5.89. The molecule has 0 radical (unpaired) electrons. The lowest BCUT2D eigenvalue weighted by atomic mass is 9.94. The maximum absolute atomic E-state index is 12.5. The molecule has 6 heteroatoms. The number of carbonyl (C=O) groups excluding carboxylic acids is 2. The minimum atomic E-state index is -0.261. The Labute approximate surface area is 154 Å². The van der Waals surface area contributed by atoms with Gasteiger partial charge in [0.15, 0.2) is 0 Å². The Morgan fingerprint density at radius 3 is 2.54 bits per heavy atom. The number of hydrogen-bond acceptors (Lipinski definition) is 4. The summed E-state index contributed by atoms with van der Waals surface area (Å²) in [7, 11) is 0. The van der Waals surface area contributed by atoms with E-state index < -0.39 is 0 Å². The molecule has 1 aromatic carbocycles. The van der Waals surface area contributed by atoms with Gasteiger partial charge in [0.25, 0.3) is 0 Å². The number of nitrogens with zero attached hydrogens (tertiary/aromatic N) is 3. The third-order valence-corrected chi connectivity index (χ3v) is 5.48. The SMILES string of the molecule is C[C@H](C(=O)Nc1cccc(C#N)c1)N1CCC(C(=O)N2CCCC2)CC1. The van der Waals surface area contributed by atoms with Crippen LogP contribution >= 0.6 is 0 Å². The van der Waals surface area contributed by atoms with Crippen molar-refractivity contribution in [2.24, 2.45) is 5.92 Å². The van der Waals surface area contributed by atoms with Gasteiger partial charge < -0.3 is 10.2 Å². The third kappa shape index (κ3) is 4.23. The average Bonchev–Trinajstić information content (AvgIpc) is 3.22. The summed E-state index contributed by atoms with van der Waals surface area (Å²) in [6.45, 7) is 5.22. The fourth-order valence-electron chi connectivity index (χ4n) is 3.81. The van der Waals surface area contributed by atoms with Crippen LogP contribution in [0.1, 0.15) is 38.2 Å². The summed E-state index contributed by atoms with van der Waals surface area (Å²) in [4.78, 5) is 29.2.